The molecule has 0 radical (unpaired) electrons. The lowest BCUT2D eigenvalue weighted by molar-refractivity contribution is -0.153. The molecule has 1 saturated heterocycles. The van der Waals surface area contributed by atoms with Gasteiger partial charge < -0.3 is 10.1 Å². The third-order valence-corrected chi connectivity index (χ3v) is 7.48. The maximum Gasteiger partial charge on any atom is 0.309 e. The molecular formula is C22H29NO3. The van der Waals surface area contributed by atoms with Crippen molar-refractivity contribution in [3.8, 4) is 0 Å². The summed E-state index contributed by atoms with van der Waals surface area (Å²) in [5.41, 5.74) is 0.911. The Balaban J connectivity index is 1.54. The van der Waals surface area contributed by atoms with Gasteiger partial charge in [0.1, 0.15) is 6.10 Å². The largest absolute Gasteiger partial charge is 0.462 e. The van der Waals surface area contributed by atoms with E-state index in [0.717, 1.165) is 25.7 Å². The van der Waals surface area contributed by atoms with Gasteiger partial charge >= 0.3 is 5.97 Å². The van der Waals surface area contributed by atoms with E-state index in [1.807, 2.05) is 37.3 Å². The summed E-state index contributed by atoms with van der Waals surface area (Å²) in [6.07, 6.45) is 4.33. The van der Waals surface area contributed by atoms with E-state index < -0.39 is 0 Å². The van der Waals surface area contributed by atoms with E-state index in [1.54, 1.807) is 0 Å². The molecule has 4 heteroatoms. The van der Waals surface area contributed by atoms with Crippen LogP contribution in [0, 0.1) is 29.1 Å². The van der Waals surface area contributed by atoms with Crippen LogP contribution in [0.1, 0.15) is 56.8 Å². The fourth-order valence-corrected chi connectivity index (χ4v) is 5.87. The molecule has 4 rings (SSSR count). The molecule has 1 amide bonds. The van der Waals surface area contributed by atoms with Gasteiger partial charge in [0.2, 0.25) is 0 Å². The Morgan fingerprint density at radius 1 is 1.15 bits per heavy atom. The van der Waals surface area contributed by atoms with Gasteiger partial charge in [-0.1, -0.05) is 39.0 Å². The fraction of sp³-hybridized carbons (Fsp3) is 0.636. The highest BCUT2D eigenvalue weighted by atomic mass is 16.6. The summed E-state index contributed by atoms with van der Waals surface area (Å²) in [5.74, 6) is 0.932. The van der Waals surface area contributed by atoms with E-state index in [-0.39, 0.29) is 35.4 Å². The minimum absolute atomic E-state index is 0.00445. The van der Waals surface area contributed by atoms with Crippen LogP contribution in [0.4, 0.5) is 0 Å². The minimum Gasteiger partial charge on any atom is -0.462 e. The van der Waals surface area contributed by atoms with Crippen LogP contribution in [-0.2, 0) is 9.53 Å². The molecule has 1 aliphatic heterocycles. The van der Waals surface area contributed by atoms with E-state index in [1.165, 1.54) is 0 Å². The Labute approximate surface area is 155 Å². The Kier molecular flexibility index (Phi) is 4.32. The number of esters is 1. The molecule has 3 fully saturated rings. The molecule has 3 aliphatic rings. The molecule has 0 spiro atoms. The molecule has 0 aromatic heterocycles. The Bertz CT molecular complexity index is 703. The zero-order chi connectivity index (χ0) is 18.5. The summed E-state index contributed by atoms with van der Waals surface area (Å²) in [7, 11) is 0. The van der Waals surface area contributed by atoms with Crippen molar-refractivity contribution in [3.63, 3.8) is 0 Å². The molecule has 1 aromatic rings. The lowest BCUT2D eigenvalue weighted by Gasteiger charge is -2.54. The molecular weight excluding hydrogens is 326 g/mol. The van der Waals surface area contributed by atoms with Gasteiger partial charge in [-0.05, 0) is 49.1 Å². The third kappa shape index (κ3) is 2.74. The molecule has 26 heavy (non-hydrogen) atoms. The van der Waals surface area contributed by atoms with Crippen LogP contribution in [0.3, 0.4) is 0 Å². The van der Waals surface area contributed by atoms with E-state index in [4.69, 9.17) is 4.74 Å². The molecule has 2 aliphatic carbocycles. The molecule has 4 nitrogen and oxygen atoms in total. The summed E-state index contributed by atoms with van der Waals surface area (Å²) in [6.45, 7) is 6.60. The normalized spacial score (nSPS) is 41.7. The third-order valence-electron chi connectivity index (χ3n) is 7.48. The predicted molar refractivity (Wildman–Crippen MR) is 99.5 cm³/mol. The molecule has 0 bridgehead atoms. The van der Waals surface area contributed by atoms with Crippen molar-refractivity contribution in [1.29, 1.82) is 0 Å². The predicted octanol–water partition coefficient (Wildman–Crippen LogP) is 3.81. The topological polar surface area (TPSA) is 55.4 Å². The number of carbonyl (C=O) groups is 2. The van der Waals surface area contributed by atoms with Crippen LogP contribution in [0.2, 0.25) is 0 Å². The number of hydrogen-bond donors (Lipinski definition) is 1. The van der Waals surface area contributed by atoms with Crippen LogP contribution < -0.4 is 5.32 Å². The highest BCUT2D eigenvalue weighted by molar-refractivity contribution is 5.94. The number of rotatable bonds is 2. The number of benzene rings is 1. The Morgan fingerprint density at radius 2 is 1.85 bits per heavy atom. The smallest absolute Gasteiger partial charge is 0.309 e. The first kappa shape index (κ1) is 17.6. The molecule has 2 saturated carbocycles. The van der Waals surface area contributed by atoms with Crippen LogP contribution >= 0.6 is 0 Å². The average Bonchev–Trinajstić information content (AvgIpc) is 2.92. The first-order valence-corrected chi connectivity index (χ1v) is 9.97. The van der Waals surface area contributed by atoms with Crippen molar-refractivity contribution in [3.05, 3.63) is 35.9 Å². The minimum atomic E-state index is -0.0353. The lowest BCUT2D eigenvalue weighted by Crippen LogP contribution is -2.57. The van der Waals surface area contributed by atoms with Gasteiger partial charge in [-0.15, -0.1) is 0 Å². The van der Waals surface area contributed by atoms with Gasteiger partial charge in [0.25, 0.3) is 5.91 Å². The molecule has 1 heterocycles. The van der Waals surface area contributed by atoms with Crippen molar-refractivity contribution < 1.29 is 14.3 Å². The van der Waals surface area contributed by atoms with Gasteiger partial charge in [0.15, 0.2) is 0 Å². The van der Waals surface area contributed by atoms with E-state index in [2.05, 4.69) is 19.2 Å². The lowest BCUT2D eigenvalue weighted by atomic mass is 9.52. The van der Waals surface area contributed by atoms with E-state index >= 15 is 0 Å². The SMILES string of the molecule is C[C@@H]1[C@@H]2[C@@H]3OC(=O)[C@@H](C)[C@@H]3CC[C@]2(C)CC[C@@H]1NC(=O)c1ccccc1. The highest BCUT2D eigenvalue weighted by Gasteiger charge is 2.58. The first-order chi connectivity index (χ1) is 12.4. The molecule has 7 atom stereocenters. The van der Waals surface area contributed by atoms with Crippen LogP contribution in [-0.4, -0.2) is 24.0 Å². The fourth-order valence-electron chi connectivity index (χ4n) is 5.87. The zero-order valence-electron chi connectivity index (χ0n) is 15.9. The number of carbonyl (C=O) groups excluding carboxylic acids is 2. The zero-order valence-corrected chi connectivity index (χ0v) is 15.9. The number of nitrogens with one attached hydrogen (secondary N) is 1. The van der Waals surface area contributed by atoms with Gasteiger partial charge in [-0.3, -0.25) is 9.59 Å². The second-order valence-electron chi connectivity index (χ2n) is 8.92. The van der Waals surface area contributed by atoms with Crippen LogP contribution in [0.5, 0.6) is 0 Å². The first-order valence-electron chi connectivity index (χ1n) is 9.97. The molecule has 140 valence electrons. The van der Waals surface area contributed by atoms with Crippen molar-refractivity contribution in [2.45, 2.75) is 58.6 Å². The second kappa shape index (κ2) is 6.40. The van der Waals surface area contributed by atoms with Crippen molar-refractivity contribution in [2.75, 3.05) is 0 Å². The van der Waals surface area contributed by atoms with Crippen LogP contribution in [0.25, 0.3) is 0 Å². The average molecular weight is 355 g/mol. The van der Waals surface area contributed by atoms with Crippen LogP contribution in [0.15, 0.2) is 30.3 Å². The van der Waals surface area contributed by atoms with E-state index in [9.17, 15) is 9.59 Å². The van der Waals surface area contributed by atoms with Crippen molar-refractivity contribution in [1.82, 2.24) is 5.32 Å². The summed E-state index contributed by atoms with van der Waals surface area (Å²) in [5, 5.41) is 3.26. The summed E-state index contributed by atoms with van der Waals surface area (Å²) < 4.78 is 5.87. The quantitative estimate of drug-likeness (QED) is 0.821. The molecule has 0 unspecified atom stereocenters. The summed E-state index contributed by atoms with van der Waals surface area (Å²) in [6, 6.07) is 9.54. The maximum atomic E-state index is 12.6. The van der Waals surface area contributed by atoms with Gasteiger partial charge in [-0.2, -0.15) is 0 Å². The van der Waals surface area contributed by atoms with Gasteiger partial charge in [0.05, 0.1) is 5.92 Å². The number of ether oxygens (including phenoxy) is 1. The molecule has 1 N–H and O–H groups in total. The highest BCUT2D eigenvalue weighted by Crippen LogP contribution is 2.57. The summed E-state index contributed by atoms with van der Waals surface area (Å²) in [4.78, 5) is 24.8. The van der Waals surface area contributed by atoms with Crippen molar-refractivity contribution >= 4 is 11.9 Å². The Morgan fingerprint density at radius 3 is 2.58 bits per heavy atom. The Hall–Kier alpha value is -1.84. The second-order valence-corrected chi connectivity index (χ2v) is 8.92. The maximum absolute atomic E-state index is 12.6. The van der Waals surface area contributed by atoms with E-state index in [0.29, 0.717) is 23.3 Å². The number of fused-ring (bicyclic) bond motifs is 3. The van der Waals surface area contributed by atoms with Gasteiger partial charge in [0, 0.05) is 23.4 Å². The monoisotopic (exact) mass is 355 g/mol. The van der Waals surface area contributed by atoms with Gasteiger partial charge in [-0.25, -0.2) is 0 Å². The van der Waals surface area contributed by atoms with Crippen molar-refractivity contribution in [2.24, 2.45) is 29.1 Å². The standard InChI is InChI=1S/C22H29NO3/c1-13-16-9-11-22(3)12-10-17(14(2)18(22)19(16)26-21(13)25)23-20(24)15-7-5-4-6-8-15/h4-8,13-14,16-19H,9-12H2,1-3H3,(H,23,24)/t13-,14-,16-,17-,18+,19+,22+/m0/s1. The molecule has 1 aromatic carbocycles. The number of amides is 1. The summed E-state index contributed by atoms with van der Waals surface area (Å²) >= 11 is 0. The number of hydrogen-bond acceptors (Lipinski definition) is 3.